The van der Waals surface area contributed by atoms with Gasteiger partial charge in [-0.3, -0.25) is 0 Å². The van der Waals surface area contributed by atoms with Crippen molar-refractivity contribution in [2.24, 2.45) is 0 Å². The molecule has 4 nitrogen and oxygen atoms in total. The number of aliphatic carboxylic acids is 2. The van der Waals surface area contributed by atoms with E-state index in [1.165, 1.54) is 0 Å². The molecule has 0 aromatic heterocycles. The minimum atomic E-state index is -1.82. The quantitative estimate of drug-likeness (QED) is 0.336. The summed E-state index contributed by atoms with van der Waals surface area (Å²) in [5, 5.41) is 14.8. The molecule has 6 heteroatoms. The van der Waals surface area contributed by atoms with Crippen LogP contribution in [0, 0.1) is 0 Å². The molecule has 0 fully saturated rings. The van der Waals surface area contributed by atoms with Crippen LogP contribution < -0.4 is 0 Å². The topological polar surface area (TPSA) is 74.6 Å². The Morgan fingerprint density at radius 2 is 1.12 bits per heavy atom. The Balaban J connectivity index is -0.000000125. The van der Waals surface area contributed by atoms with Gasteiger partial charge in [-0.15, -0.1) is 0 Å². The van der Waals surface area contributed by atoms with Crippen LogP contribution in [0.4, 0.5) is 0 Å². The molecule has 0 aliphatic carbocycles. The van der Waals surface area contributed by atoms with Crippen molar-refractivity contribution in [3.63, 3.8) is 0 Å². The second kappa shape index (κ2) is 7.65. The molecule has 8 heavy (non-hydrogen) atoms. The summed E-state index contributed by atoms with van der Waals surface area (Å²) in [5.74, 6) is -3.65. The summed E-state index contributed by atoms with van der Waals surface area (Å²) in [7, 11) is 0. The number of rotatable bonds is 0. The molecule has 0 aliphatic rings. The number of carboxylic acids is 2. The van der Waals surface area contributed by atoms with Crippen LogP contribution in [0.1, 0.15) is 0 Å². The van der Waals surface area contributed by atoms with E-state index in [9.17, 15) is 0 Å². The van der Waals surface area contributed by atoms with Gasteiger partial charge in [0.25, 0.3) is 0 Å². The summed E-state index contributed by atoms with van der Waals surface area (Å²) >= 11 is 0. The Morgan fingerprint density at radius 1 is 1.00 bits per heavy atom. The van der Waals surface area contributed by atoms with Gasteiger partial charge in [-0.2, -0.15) is 0 Å². The molecule has 0 saturated carbocycles. The van der Waals surface area contributed by atoms with Gasteiger partial charge in [0, 0.05) is 21.7 Å². The third kappa shape index (κ3) is 9.82. The standard InChI is InChI=1S/C2H2O4.Na.Ti.H/c3-1(4)2(5)6;;;/h(H,3,4)(H,5,6);;;. The van der Waals surface area contributed by atoms with Gasteiger partial charge in [0.1, 0.15) is 0 Å². The Morgan fingerprint density at radius 3 is 1.12 bits per heavy atom. The van der Waals surface area contributed by atoms with Crippen molar-refractivity contribution in [2.75, 3.05) is 0 Å². The first-order chi connectivity index (χ1) is 2.64. The Kier molecular flexibility index (Phi) is 15.2. The van der Waals surface area contributed by atoms with Crippen molar-refractivity contribution in [3.05, 3.63) is 0 Å². The second-order valence-electron chi connectivity index (χ2n) is 0.610. The van der Waals surface area contributed by atoms with Crippen molar-refractivity contribution in [1.29, 1.82) is 0 Å². The summed E-state index contributed by atoms with van der Waals surface area (Å²) in [6.45, 7) is 0. The molecule has 0 saturated heterocycles. The molecule has 0 rings (SSSR count). The molecule has 0 aliphatic heterocycles. The number of hydrogen-bond acceptors (Lipinski definition) is 2. The molecule has 0 atom stereocenters. The molecule has 0 spiro atoms. The normalized spacial score (nSPS) is 5.50. The van der Waals surface area contributed by atoms with Crippen molar-refractivity contribution < 1.29 is 41.5 Å². The smallest absolute Gasteiger partial charge is 0 e. The molecule has 0 radical (unpaired) electrons. The Bertz CT molecular complexity index is 80.0. The van der Waals surface area contributed by atoms with Crippen LogP contribution in [-0.4, -0.2) is 51.7 Å². The van der Waals surface area contributed by atoms with Gasteiger partial charge >= 0.3 is 41.5 Å². The molecule has 0 heterocycles. The monoisotopic (exact) mass is 162 g/mol. The van der Waals surface area contributed by atoms with Crippen molar-refractivity contribution in [3.8, 4) is 0 Å². The predicted molar refractivity (Wildman–Crippen MR) is 22.4 cm³/mol. The van der Waals surface area contributed by atoms with Crippen LogP contribution in [0.5, 0.6) is 0 Å². The van der Waals surface area contributed by atoms with E-state index < -0.39 is 11.9 Å². The van der Waals surface area contributed by atoms with Crippen LogP contribution in [0.15, 0.2) is 0 Å². The van der Waals surface area contributed by atoms with Crippen LogP contribution in [0.25, 0.3) is 0 Å². The van der Waals surface area contributed by atoms with Crippen molar-refractivity contribution in [1.82, 2.24) is 0 Å². The first kappa shape index (κ1) is 15.9. The fourth-order valence-corrected chi connectivity index (χ4v) is 0. The Hall–Kier alpha value is 0.654. The summed E-state index contributed by atoms with van der Waals surface area (Å²) in [6, 6.07) is 0. The largest absolute Gasteiger partial charge is 0 e. The zero-order valence-corrected chi connectivity index (χ0v) is 4.77. The fraction of sp³-hybridized carbons (Fsp3) is 0. The zero-order chi connectivity index (χ0) is 5.15. The third-order valence-electron chi connectivity index (χ3n) is 0.183. The molecule has 0 aromatic rings. The minimum Gasteiger partial charge on any atom is 0 e. The predicted octanol–water partition coefficient (Wildman–Crippen LogP) is -1.50. The first-order valence-electron chi connectivity index (χ1n) is 1.11. The van der Waals surface area contributed by atoms with Gasteiger partial charge < -0.3 is 10.2 Å². The van der Waals surface area contributed by atoms with E-state index in [0.29, 0.717) is 0 Å². The van der Waals surface area contributed by atoms with Crippen molar-refractivity contribution >= 4 is 41.5 Å². The van der Waals surface area contributed by atoms with E-state index in [2.05, 4.69) is 0 Å². The van der Waals surface area contributed by atoms with E-state index in [-0.39, 0.29) is 51.3 Å². The van der Waals surface area contributed by atoms with Gasteiger partial charge in [-0.1, -0.05) is 0 Å². The molecule has 0 unspecified atom stereocenters. The summed E-state index contributed by atoms with van der Waals surface area (Å²) in [5.41, 5.74) is 0. The third-order valence-corrected chi connectivity index (χ3v) is 0.183. The molecule has 40 valence electrons. The molecular weight excluding hydrogens is 159 g/mol. The number of carboxylic acid groups (broad SMARTS) is 2. The van der Waals surface area contributed by atoms with Crippen LogP contribution in [0.3, 0.4) is 0 Å². The van der Waals surface area contributed by atoms with E-state index in [1.807, 2.05) is 0 Å². The maximum Gasteiger partial charge on any atom is 0 e. The van der Waals surface area contributed by atoms with E-state index >= 15 is 0 Å². The van der Waals surface area contributed by atoms with Gasteiger partial charge in [0.2, 0.25) is 0 Å². The SMILES string of the molecule is O=C(O)C(=O)O.[NaH].[Ti]. The summed E-state index contributed by atoms with van der Waals surface area (Å²) < 4.78 is 0. The van der Waals surface area contributed by atoms with E-state index in [1.54, 1.807) is 0 Å². The van der Waals surface area contributed by atoms with Gasteiger partial charge in [-0.25, -0.2) is 9.59 Å². The zero-order valence-electron chi connectivity index (χ0n) is 3.21. The van der Waals surface area contributed by atoms with Gasteiger partial charge in [0.05, 0.1) is 0 Å². The molecule has 0 bridgehead atoms. The van der Waals surface area contributed by atoms with Gasteiger partial charge in [0.15, 0.2) is 0 Å². The second-order valence-corrected chi connectivity index (χ2v) is 0.610. The molecule has 0 amide bonds. The van der Waals surface area contributed by atoms with Crippen LogP contribution >= 0.6 is 0 Å². The molecular formula is C2H3NaO4Ti. The van der Waals surface area contributed by atoms with Crippen molar-refractivity contribution in [2.45, 2.75) is 0 Å². The summed E-state index contributed by atoms with van der Waals surface area (Å²) in [6.07, 6.45) is 0. The molecule has 0 aromatic carbocycles. The Labute approximate surface area is 82.4 Å². The van der Waals surface area contributed by atoms with E-state index in [4.69, 9.17) is 19.8 Å². The minimum absolute atomic E-state index is 0. The first-order valence-corrected chi connectivity index (χ1v) is 1.11. The average molecular weight is 162 g/mol. The maximum atomic E-state index is 9.10. The maximum absolute atomic E-state index is 9.10. The number of hydrogen-bond donors (Lipinski definition) is 2. The van der Waals surface area contributed by atoms with Gasteiger partial charge in [-0.05, 0) is 0 Å². The number of carbonyl (C=O) groups is 2. The van der Waals surface area contributed by atoms with E-state index in [0.717, 1.165) is 0 Å². The molecule has 2 N–H and O–H groups in total. The van der Waals surface area contributed by atoms with Crippen LogP contribution in [0.2, 0.25) is 0 Å². The van der Waals surface area contributed by atoms with Crippen LogP contribution in [-0.2, 0) is 31.3 Å². The summed E-state index contributed by atoms with van der Waals surface area (Å²) in [4.78, 5) is 18.2. The fourth-order valence-electron chi connectivity index (χ4n) is 0. The average Bonchev–Trinajstić information content (AvgIpc) is 1.36.